The molecule has 0 saturated carbocycles. The molecule has 3 saturated heterocycles. The van der Waals surface area contributed by atoms with Gasteiger partial charge in [0.2, 0.25) is 0 Å². The number of nitrogens with zero attached hydrogens (tertiary/aromatic N) is 4. The number of likely N-dealkylation sites (tertiary alicyclic amines) is 1. The van der Waals surface area contributed by atoms with Gasteiger partial charge in [-0.3, -0.25) is 9.79 Å². The Morgan fingerprint density at radius 2 is 1.78 bits per heavy atom. The number of hydrogen-bond acceptors (Lipinski definition) is 4. The molecule has 7 heteroatoms. The molecule has 0 aromatic rings. The van der Waals surface area contributed by atoms with Crippen molar-refractivity contribution in [2.75, 3.05) is 66.0 Å². The third-order valence-corrected chi connectivity index (χ3v) is 6.07. The van der Waals surface area contributed by atoms with Crippen LogP contribution in [0, 0.1) is 5.92 Å². The molecule has 1 N–H and O–H groups in total. The fourth-order valence-corrected chi connectivity index (χ4v) is 4.24. The fourth-order valence-electron chi connectivity index (χ4n) is 4.24. The van der Waals surface area contributed by atoms with Crippen molar-refractivity contribution < 1.29 is 9.53 Å². The largest absolute Gasteiger partial charge is 0.368 e. The zero-order valence-electron chi connectivity index (χ0n) is 17.2. The lowest BCUT2D eigenvalue weighted by atomic mass is 9.94. The summed E-state index contributed by atoms with van der Waals surface area (Å²) in [6, 6.07) is 0. The lowest BCUT2D eigenvalue weighted by Crippen LogP contribution is -2.55. The molecule has 3 aliphatic rings. The zero-order valence-corrected chi connectivity index (χ0v) is 17.2. The molecule has 27 heavy (non-hydrogen) atoms. The van der Waals surface area contributed by atoms with Crippen molar-refractivity contribution >= 4 is 11.9 Å². The van der Waals surface area contributed by atoms with E-state index in [-0.39, 0.29) is 12.0 Å². The number of carbonyl (C=O) groups excluding carboxylic acids is 1. The number of hydrogen-bond donors (Lipinski definition) is 1. The van der Waals surface area contributed by atoms with Crippen LogP contribution in [-0.4, -0.2) is 98.7 Å². The van der Waals surface area contributed by atoms with Gasteiger partial charge in [0, 0.05) is 45.9 Å². The molecule has 0 aliphatic carbocycles. The highest BCUT2D eigenvalue weighted by Gasteiger charge is 2.30. The van der Waals surface area contributed by atoms with Gasteiger partial charge in [-0.2, -0.15) is 0 Å². The predicted octanol–water partition coefficient (Wildman–Crippen LogP) is 1.01. The quantitative estimate of drug-likeness (QED) is 0.571. The van der Waals surface area contributed by atoms with Crippen LogP contribution in [0.2, 0.25) is 0 Å². The molecular formula is C20H37N5O2. The van der Waals surface area contributed by atoms with Gasteiger partial charge in [-0.05, 0) is 65.1 Å². The van der Waals surface area contributed by atoms with Crippen LogP contribution < -0.4 is 5.32 Å². The smallest absolute Gasteiger partial charge is 0.251 e. The monoisotopic (exact) mass is 379 g/mol. The summed E-state index contributed by atoms with van der Waals surface area (Å²) in [5, 5.41) is 3.44. The van der Waals surface area contributed by atoms with E-state index in [1.54, 1.807) is 0 Å². The summed E-state index contributed by atoms with van der Waals surface area (Å²) < 4.78 is 5.55. The Labute approximate surface area is 164 Å². The van der Waals surface area contributed by atoms with Crippen molar-refractivity contribution in [2.45, 2.75) is 45.1 Å². The number of amides is 1. The number of nitrogens with one attached hydrogen (secondary N) is 1. The second-order valence-corrected chi connectivity index (χ2v) is 8.08. The average Bonchev–Trinajstić information content (AvgIpc) is 3.23. The Hall–Kier alpha value is -1.34. The van der Waals surface area contributed by atoms with E-state index in [9.17, 15) is 4.79 Å². The third kappa shape index (κ3) is 5.82. The Morgan fingerprint density at radius 3 is 2.41 bits per heavy atom. The normalized spacial score (nSPS) is 25.9. The van der Waals surface area contributed by atoms with Crippen LogP contribution in [0.15, 0.2) is 4.99 Å². The van der Waals surface area contributed by atoms with E-state index in [0.29, 0.717) is 0 Å². The summed E-state index contributed by atoms with van der Waals surface area (Å²) in [6.07, 6.45) is 5.46. The van der Waals surface area contributed by atoms with Crippen molar-refractivity contribution in [1.82, 2.24) is 20.0 Å². The van der Waals surface area contributed by atoms with Crippen LogP contribution in [-0.2, 0) is 9.53 Å². The highest BCUT2D eigenvalue weighted by molar-refractivity contribution is 5.82. The summed E-state index contributed by atoms with van der Waals surface area (Å²) in [5.74, 6) is 2.00. The van der Waals surface area contributed by atoms with E-state index >= 15 is 0 Å². The number of rotatable bonds is 5. The van der Waals surface area contributed by atoms with E-state index in [2.05, 4.69) is 29.1 Å². The average molecular weight is 380 g/mol. The van der Waals surface area contributed by atoms with Crippen LogP contribution in [0.1, 0.15) is 39.0 Å². The Morgan fingerprint density at radius 1 is 1.07 bits per heavy atom. The van der Waals surface area contributed by atoms with Crippen molar-refractivity contribution in [3.05, 3.63) is 0 Å². The number of piperazine rings is 1. The lowest BCUT2D eigenvalue weighted by molar-refractivity contribution is -0.142. The fraction of sp³-hybridized carbons (Fsp3) is 0.900. The minimum atomic E-state index is -0.201. The summed E-state index contributed by atoms with van der Waals surface area (Å²) in [7, 11) is 2.21. The first-order valence-corrected chi connectivity index (χ1v) is 10.8. The van der Waals surface area contributed by atoms with E-state index in [4.69, 9.17) is 9.73 Å². The van der Waals surface area contributed by atoms with Gasteiger partial charge in [0.25, 0.3) is 5.91 Å². The third-order valence-electron chi connectivity index (χ3n) is 6.07. The number of guanidine groups is 1. The summed E-state index contributed by atoms with van der Waals surface area (Å²) >= 11 is 0. The number of aliphatic imine (C=N–C) groups is 1. The predicted molar refractivity (Wildman–Crippen MR) is 108 cm³/mol. The first-order chi connectivity index (χ1) is 13.2. The molecule has 0 bridgehead atoms. The maximum atomic E-state index is 12.5. The van der Waals surface area contributed by atoms with Crippen molar-refractivity contribution in [1.29, 1.82) is 0 Å². The van der Waals surface area contributed by atoms with Gasteiger partial charge in [0.1, 0.15) is 6.10 Å². The van der Waals surface area contributed by atoms with Gasteiger partial charge in [0.05, 0.1) is 0 Å². The molecule has 3 rings (SSSR count). The molecule has 3 fully saturated rings. The van der Waals surface area contributed by atoms with Crippen LogP contribution in [0.5, 0.6) is 0 Å². The molecule has 1 amide bonds. The van der Waals surface area contributed by atoms with E-state index in [0.717, 1.165) is 70.6 Å². The molecular weight excluding hydrogens is 342 g/mol. The maximum Gasteiger partial charge on any atom is 0.251 e. The first-order valence-electron chi connectivity index (χ1n) is 10.8. The molecule has 3 heterocycles. The Kier molecular flexibility index (Phi) is 7.76. The second kappa shape index (κ2) is 10.3. The van der Waals surface area contributed by atoms with Crippen molar-refractivity contribution in [2.24, 2.45) is 10.9 Å². The van der Waals surface area contributed by atoms with E-state index in [1.807, 2.05) is 4.90 Å². The summed E-state index contributed by atoms with van der Waals surface area (Å²) in [5.41, 5.74) is 0. The van der Waals surface area contributed by atoms with Crippen LogP contribution >= 0.6 is 0 Å². The topological polar surface area (TPSA) is 60.4 Å². The first kappa shape index (κ1) is 20.4. The van der Waals surface area contributed by atoms with Gasteiger partial charge in [-0.25, -0.2) is 0 Å². The zero-order chi connectivity index (χ0) is 19.1. The van der Waals surface area contributed by atoms with Gasteiger partial charge in [-0.1, -0.05) is 0 Å². The summed E-state index contributed by atoms with van der Waals surface area (Å²) in [6.45, 7) is 10.3. The Bertz CT molecular complexity index is 491. The lowest BCUT2D eigenvalue weighted by Gasteiger charge is -2.37. The molecule has 3 aliphatic heterocycles. The molecule has 1 atom stereocenters. The van der Waals surface area contributed by atoms with E-state index < -0.39 is 0 Å². The van der Waals surface area contributed by atoms with Crippen LogP contribution in [0.4, 0.5) is 0 Å². The van der Waals surface area contributed by atoms with Gasteiger partial charge < -0.3 is 24.8 Å². The number of carbonyl (C=O) groups is 1. The maximum absolute atomic E-state index is 12.5. The van der Waals surface area contributed by atoms with Gasteiger partial charge in [-0.15, -0.1) is 0 Å². The van der Waals surface area contributed by atoms with E-state index in [1.165, 1.54) is 32.4 Å². The number of piperidine rings is 1. The van der Waals surface area contributed by atoms with Crippen LogP contribution in [0.3, 0.4) is 0 Å². The molecule has 0 radical (unpaired) electrons. The van der Waals surface area contributed by atoms with Crippen molar-refractivity contribution in [3.63, 3.8) is 0 Å². The highest BCUT2D eigenvalue weighted by atomic mass is 16.5. The van der Waals surface area contributed by atoms with Gasteiger partial charge in [0.15, 0.2) is 5.96 Å². The highest BCUT2D eigenvalue weighted by Crippen LogP contribution is 2.19. The minimum absolute atomic E-state index is 0.177. The SMILES string of the molecule is CCNC(=NCCC1CCN(C)CC1)N1CCN(C(=O)C2CCCO2)CC1. The molecule has 154 valence electrons. The molecule has 1 unspecified atom stereocenters. The second-order valence-electron chi connectivity index (χ2n) is 8.08. The molecule has 0 spiro atoms. The minimum Gasteiger partial charge on any atom is -0.368 e. The standard InChI is InChI=1S/C20H37N5O2/c1-3-21-20(22-9-6-17-7-10-23(2)11-8-17)25-14-12-24(13-15-25)19(26)18-5-4-16-27-18/h17-18H,3-16H2,1-2H3,(H,21,22). The molecule has 0 aromatic carbocycles. The van der Waals surface area contributed by atoms with Gasteiger partial charge >= 0.3 is 0 Å². The van der Waals surface area contributed by atoms with Crippen LogP contribution in [0.25, 0.3) is 0 Å². The summed E-state index contributed by atoms with van der Waals surface area (Å²) in [4.78, 5) is 24.1. The Balaban J connectivity index is 1.45. The number of ether oxygens (including phenoxy) is 1. The molecule has 7 nitrogen and oxygen atoms in total. The van der Waals surface area contributed by atoms with Crippen molar-refractivity contribution in [3.8, 4) is 0 Å². The molecule has 0 aromatic heterocycles.